The SMILES string of the molecule is N=S(CCC(c1cccc(-c2cccc(F)c2)c1)C(F)(F)F)CC[C@H](N)C(=O)O. The first-order valence-electron chi connectivity index (χ1n) is 8.87. The van der Waals surface area contributed by atoms with Crippen LogP contribution in [0.1, 0.15) is 24.3 Å². The van der Waals surface area contributed by atoms with Crippen LogP contribution < -0.4 is 5.73 Å². The van der Waals surface area contributed by atoms with Gasteiger partial charge >= 0.3 is 12.1 Å². The molecule has 0 saturated carbocycles. The van der Waals surface area contributed by atoms with Gasteiger partial charge in [-0.3, -0.25) is 9.57 Å². The zero-order valence-electron chi connectivity index (χ0n) is 15.5. The summed E-state index contributed by atoms with van der Waals surface area (Å²) in [7, 11) is -1.12. The fourth-order valence-corrected chi connectivity index (χ4v) is 4.14. The molecule has 2 aromatic rings. The normalized spacial score (nSPS) is 14.9. The number of carboxylic acid groups (broad SMARTS) is 1. The van der Waals surface area contributed by atoms with E-state index in [4.69, 9.17) is 15.6 Å². The molecule has 2 aromatic carbocycles. The van der Waals surface area contributed by atoms with E-state index in [-0.39, 0.29) is 29.9 Å². The number of aliphatic carboxylic acids is 1. The molecule has 9 heteroatoms. The zero-order valence-corrected chi connectivity index (χ0v) is 16.3. The van der Waals surface area contributed by atoms with Crippen LogP contribution in [0.4, 0.5) is 17.6 Å². The second-order valence-electron chi connectivity index (χ2n) is 6.65. The van der Waals surface area contributed by atoms with E-state index in [0.717, 1.165) is 0 Å². The summed E-state index contributed by atoms with van der Waals surface area (Å²) in [5.74, 6) is -3.30. The Labute approximate surface area is 168 Å². The van der Waals surface area contributed by atoms with E-state index in [1.807, 2.05) is 0 Å². The monoisotopic (exact) mass is 430 g/mol. The molecule has 2 rings (SSSR count). The van der Waals surface area contributed by atoms with Crippen molar-refractivity contribution in [3.05, 3.63) is 59.9 Å². The van der Waals surface area contributed by atoms with Crippen LogP contribution in [-0.2, 0) is 15.5 Å². The Morgan fingerprint density at radius 2 is 1.66 bits per heavy atom. The van der Waals surface area contributed by atoms with Gasteiger partial charge in [0.05, 0.1) is 5.92 Å². The van der Waals surface area contributed by atoms with Crippen molar-refractivity contribution in [2.75, 3.05) is 11.5 Å². The molecular formula is C20H22F4N2O2S. The fraction of sp³-hybridized carbons (Fsp3) is 0.350. The number of nitrogens with two attached hydrogens (primary N) is 1. The summed E-state index contributed by atoms with van der Waals surface area (Å²) >= 11 is 0. The van der Waals surface area contributed by atoms with Crippen molar-refractivity contribution in [3.63, 3.8) is 0 Å². The van der Waals surface area contributed by atoms with Crippen LogP contribution in [0, 0.1) is 10.6 Å². The Balaban J connectivity index is 2.14. The van der Waals surface area contributed by atoms with Gasteiger partial charge < -0.3 is 10.8 Å². The number of benzene rings is 2. The summed E-state index contributed by atoms with van der Waals surface area (Å²) in [6.07, 6.45) is -4.74. The van der Waals surface area contributed by atoms with E-state index in [1.165, 1.54) is 36.4 Å². The maximum absolute atomic E-state index is 13.7. The second kappa shape index (κ2) is 9.98. The minimum Gasteiger partial charge on any atom is -0.480 e. The highest BCUT2D eigenvalue weighted by Crippen LogP contribution is 2.39. The Bertz CT molecular complexity index is 874. The highest BCUT2D eigenvalue weighted by molar-refractivity contribution is 7.86. The van der Waals surface area contributed by atoms with Gasteiger partial charge in [-0.25, -0.2) is 4.39 Å². The van der Waals surface area contributed by atoms with Crippen molar-refractivity contribution < 1.29 is 27.5 Å². The van der Waals surface area contributed by atoms with Crippen molar-refractivity contribution in [3.8, 4) is 11.1 Å². The lowest BCUT2D eigenvalue weighted by Crippen LogP contribution is -2.31. The maximum atomic E-state index is 13.7. The largest absolute Gasteiger partial charge is 0.480 e. The molecule has 2 unspecified atom stereocenters. The van der Waals surface area contributed by atoms with Crippen LogP contribution in [0.5, 0.6) is 0 Å². The Hall–Kier alpha value is -2.26. The molecule has 29 heavy (non-hydrogen) atoms. The summed E-state index contributed by atoms with van der Waals surface area (Å²) in [5.41, 5.74) is 6.39. The van der Waals surface area contributed by atoms with Crippen LogP contribution in [0.25, 0.3) is 11.1 Å². The lowest BCUT2D eigenvalue weighted by atomic mass is 9.92. The number of halogens is 4. The molecule has 0 aliphatic carbocycles. The molecule has 0 aliphatic heterocycles. The molecule has 0 spiro atoms. The van der Waals surface area contributed by atoms with E-state index in [2.05, 4.69) is 0 Å². The van der Waals surface area contributed by atoms with E-state index >= 15 is 0 Å². The quantitative estimate of drug-likeness (QED) is 0.504. The fourth-order valence-electron chi connectivity index (χ4n) is 2.88. The van der Waals surface area contributed by atoms with Crippen LogP contribution in [-0.4, -0.2) is 34.8 Å². The number of rotatable bonds is 9. The van der Waals surface area contributed by atoms with Gasteiger partial charge in [0.25, 0.3) is 0 Å². The number of hydrogen-bond donors (Lipinski definition) is 3. The van der Waals surface area contributed by atoms with E-state index in [0.29, 0.717) is 11.1 Å². The van der Waals surface area contributed by atoms with Crippen LogP contribution in [0.3, 0.4) is 0 Å². The highest BCUT2D eigenvalue weighted by Gasteiger charge is 2.40. The maximum Gasteiger partial charge on any atom is 0.395 e. The standard InChI is InChI=1S/C20H22F4N2O2S/c21-16-6-2-4-14(12-16)13-3-1-5-15(11-13)17(20(22,23)24)7-9-29(26)10-8-18(25)19(27)28/h1-6,11-12,17-18,26H,7-10,25H2,(H,27,28)/t17?,18-,29?/m0/s1. The molecular weight excluding hydrogens is 408 g/mol. The molecule has 0 radical (unpaired) electrons. The van der Waals surface area contributed by atoms with Crippen LogP contribution in [0.2, 0.25) is 0 Å². The molecule has 4 nitrogen and oxygen atoms in total. The van der Waals surface area contributed by atoms with E-state index in [9.17, 15) is 22.4 Å². The topological polar surface area (TPSA) is 87.2 Å². The second-order valence-corrected chi connectivity index (χ2v) is 8.46. The summed E-state index contributed by atoms with van der Waals surface area (Å²) in [4.78, 5) is 10.7. The summed E-state index contributed by atoms with van der Waals surface area (Å²) in [6, 6.07) is 10.4. The average Bonchev–Trinajstić information content (AvgIpc) is 2.65. The molecule has 0 bridgehead atoms. The molecule has 4 N–H and O–H groups in total. The third-order valence-electron chi connectivity index (χ3n) is 4.49. The van der Waals surface area contributed by atoms with E-state index in [1.54, 1.807) is 12.1 Å². The van der Waals surface area contributed by atoms with Gasteiger partial charge in [0.1, 0.15) is 11.9 Å². The molecule has 0 saturated heterocycles. The lowest BCUT2D eigenvalue weighted by molar-refractivity contribution is -0.150. The predicted molar refractivity (Wildman–Crippen MR) is 105 cm³/mol. The Kier molecular flexibility index (Phi) is 7.92. The Morgan fingerprint density at radius 1 is 1.07 bits per heavy atom. The Morgan fingerprint density at radius 3 is 2.24 bits per heavy atom. The van der Waals surface area contributed by atoms with Gasteiger partial charge in [-0.05, 0) is 41.7 Å². The van der Waals surface area contributed by atoms with Crippen LogP contribution in [0.15, 0.2) is 48.5 Å². The minimum absolute atomic E-state index is 0.0132. The van der Waals surface area contributed by atoms with Crippen molar-refractivity contribution >= 4 is 16.7 Å². The molecule has 0 aromatic heterocycles. The molecule has 3 atom stereocenters. The number of nitrogens with one attached hydrogen (secondary N) is 1. The highest BCUT2D eigenvalue weighted by atomic mass is 32.2. The van der Waals surface area contributed by atoms with Gasteiger partial charge in [-0.1, -0.05) is 36.4 Å². The van der Waals surface area contributed by atoms with Crippen LogP contribution >= 0.6 is 0 Å². The van der Waals surface area contributed by atoms with Gasteiger partial charge in [0.2, 0.25) is 0 Å². The molecule has 0 aliphatic rings. The third-order valence-corrected chi connectivity index (χ3v) is 5.94. The van der Waals surface area contributed by atoms with Crippen molar-refractivity contribution in [2.24, 2.45) is 5.73 Å². The number of carbonyl (C=O) groups is 1. The van der Waals surface area contributed by atoms with Crippen molar-refractivity contribution in [1.29, 1.82) is 4.78 Å². The summed E-state index contributed by atoms with van der Waals surface area (Å²) in [5, 5.41) is 8.75. The van der Waals surface area contributed by atoms with Gasteiger partial charge in [-0.15, -0.1) is 10.7 Å². The smallest absolute Gasteiger partial charge is 0.395 e. The number of alkyl halides is 3. The number of carboxylic acids is 1. The first kappa shape index (κ1) is 23.0. The molecule has 0 fully saturated rings. The summed E-state index contributed by atoms with van der Waals surface area (Å²) < 4.78 is 62.4. The summed E-state index contributed by atoms with van der Waals surface area (Å²) in [6.45, 7) is 0. The first-order chi connectivity index (χ1) is 13.6. The third kappa shape index (κ3) is 6.93. The van der Waals surface area contributed by atoms with Gasteiger partial charge in [0.15, 0.2) is 0 Å². The van der Waals surface area contributed by atoms with Gasteiger partial charge in [-0.2, -0.15) is 13.2 Å². The van der Waals surface area contributed by atoms with Crippen molar-refractivity contribution in [1.82, 2.24) is 0 Å². The number of hydrogen-bond acceptors (Lipinski definition) is 3. The van der Waals surface area contributed by atoms with E-state index < -0.39 is 40.6 Å². The molecule has 0 heterocycles. The van der Waals surface area contributed by atoms with Gasteiger partial charge in [0, 0.05) is 11.5 Å². The minimum atomic E-state index is -4.50. The predicted octanol–water partition coefficient (Wildman–Crippen LogP) is 4.71. The lowest BCUT2D eigenvalue weighted by Gasteiger charge is -2.22. The molecule has 0 amide bonds. The molecule has 158 valence electrons. The average molecular weight is 430 g/mol. The zero-order chi connectivity index (χ0) is 21.6. The first-order valence-corrected chi connectivity index (χ1v) is 10.4. The van der Waals surface area contributed by atoms with Crippen molar-refractivity contribution in [2.45, 2.75) is 31.0 Å².